The van der Waals surface area contributed by atoms with Crippen LogP contribution in [0, 0.1) is 5.41 Å². The molecule has 1 saturated heterocycles. The van der Waals surface area contributed by atoms with Crippen LogP contribution in [0.2, 0.25) is 0 Å². The van der Waals surface area contributed by atoms with E-state index >= 15 is 0 Å². The van der Waals surface area contributed by atoms with E-state index in [4.69, 9.17) is 15.9 Å². The Morgan fingerprint density at radius 1 is 1.39 bits per heavy atom. The van der Waals surface area contributed by atoms with Gasteiger partial charge in [-0.15, -0.1) is 0 Å². The number of rotatable bonds is 5. The van der Waals surface area contributed by atoms with Gasteiger partial charge in [-0.25, -0.2) is 0 Å². The molecule has 0 radical (unpaired) electrons. The first-order valence-electron chi connectivity index (χ1n) is 6.49. The van der Waals surface area contributed by atoms with Gasteiger partial charge in [0.05, 0.1) is 18.5 Å². The Kier molecular flexibility index (Phi) is 4.59. The molecule has 98 valence electrons. The highest BCUT2D eigenvalue weighted by atomic mass is 16.5. The lowest BCUT2D eigenvalue weighted by molar-refractivity contribution is 0.0793. The summed E-state index contributed by atoms with van der Waals surface area (Å²) in [7, 11) is 0. The van der Waals surface area contributed by atoms with Gasteiger partial charge in [0.2, 0.25) is 0 Å². The predicted molar refractivity (Wildman–Crippen MR) is 74.2 cm³/mol. The lowest BCUT2D eigenvalue weighted by atomic mass is 10.1. The van der Waals surface area contributed by atoms with Gasteiger partial charge in [0, 0.05) is 25.3 Å². The fourth-order valence-electron chi connectivity index (χ4n) is 2.35. The summed E-state index contributed by atoms with van der Waals surface area (Å²) in [6, 6.07) is 10.7. The quantitative estimate of drug-likeness (QED) is 0.618. The van der Waals surface area contributed by atoms with Crippen molar-refractivity contribution in [1.82, 2.24) is 0 Å². The summed E-state index contributed by atoms with van der Waals surface area (Å²) in [5.74, 6) is 0.243. The molecule has 1 aromatic carbocycles. The van der Waals surface area contributed by atoms with Crippen LogP contribution in [0.4, 0.5) is 5.69 Å². The Morgan fingerprint density at radius 2 is 2.17 bits per heavy atom. The van der Waals surface area contributed by atoms with E-state index in [0.29, 0.717) is 12.5 Å². The molecule has 0 amide bonds. The third-order valence-corrected chi connectivity index (χ3v) is 3.29. The maximum absolute atomic E-state index is 7.38. The fraction of sp³-hybridized carbons (Fsp3) is 0.500. The smallest absolute Gasteiger partial charge is 0.0923 e. The number of anilines is 1. The molecule has 0 spiro atoms. The molecule has 0 aliphatic carbocycles. The minimum atomic E-state index is 0.243. The average molecular weight is 247 g/mol. The summed E-state index contributed by atoms with van der Waals surface area (Å²) >= 11 is 0. The van der Waals surface area contributed by atoms with Crippen molar-refractivity contribution < 1.29 is 4.74 Å². The maximum Gasteiger partial charge on any atom is 0.0923 e. The van der Waals surface area contributed by atoms with Crippen LogP contribution < -0.4 is 10.6 Å². The average Bonchev–Trinajstić information content (AvgIpc) is 2.41. The van der Waals surface area contributed by atoms with Crippen molar-refractivity contribution in [2.24, 2.45) is 5.73 Å². The zero-order valence-electron chi connectivity index (χ0n) is 10.6. The lowest BCUT2D eigenvalue weighted by Gasteiger charge is -2.36. The monoisotopic (exact) mass is 247 g/mol. The summed E-state index contributed by atoms with van der Waals surface area (Å²) in [5, 5.41) is 7.38. The standard InChI is InChI=1S/C14H21N3O/c15-14(16)8-9-17(12-5-2-1-3-6-12)13-7-4-10-18-11-13/h1-3,5-6,13H,4,7-11H2,(H3,15,16). The van der Waals surface area contributed by atoms with Gasteiger partial charge in [-0.1, -0.05) is 18.2 Å². The topological polar surface area (TPSA) is 62.3 Å². The van der Waals surface area contributed by atoms with E-state index < -0.39 is 0 Å². The highest BCUT2D eigenvalue weighted by Gasteiger charge is 2.21. The van der Waals surface area contributed by atoms with Crippen LogP contribution in [0.3, 0.4) is 0 Å². The SMILES string of the molecule is N=C(N)CCN(c1ccccc1)C1CCCOC1. The number of nitrogens with one attached hydrogen (secondary N) is 1. The Hall–Kier alpha value is -1.55. The molecular formula is C14H21N3O. The molecule has 1 aliphatic rings. The summed E-state index contributed by atoms with van der Waals surface area (Å²) in [5.41, 5.74) is 6.66. The van der Waals surface area contributed by atoms with E-state index in [1.54, 1.807) is 0 Å². The van der Waals surface area contributed by atoms with Crippen LogP contribution in [-0.2, 0) is 4.74 Å². The van der Waals surface area contributed by atoms with Gasteiger partial charge < -0.3 is 15.4 Å². The first-order chi connectivity index (χ1) is 8.77. The fourth-order valence-corrected chi connectivity index (χ4v) is 2.35. The minimum Gasteiger partial charge on any atom is -0.388 e. The first kappa shape index (κ1) is 12.9. The van der Waals surface area contributed by atoms with Gasteiger partial charge in [-0.05, 0) is 25.0 Å². The zero-order chi connectivity index (χ0) is 12.8. The van der Waals surface area contributed by atoms with Crippen molar-refractivity contribution in [2.45, 2.75) is 25.3 Å². The van der Waals surface area contributed by atoms with Gasteiger partial charge in [0.1, 0.15) is 0 Å². The van der Waals surface area contributed by atoms with Crippen molar-refractivity contribution in [3.8, 4) is 0 Å². The highest BCUT2D eigenvalue weighted by molar-refractivity contribution is 5.77. The molecule has 1 aliphatic heterocycles. The predicted octanol–water partition coefficient (Wildman–Crippen LogP) is 2.00. The summed E-state index contributed by atoms with van der Waals surface area (Å²) < 4.78 is 5.56. The summed E-state index contributed by atoms with van der Waals surface area (Å²) in [6.07, 6.45) is 2.85. The van der Waals surface area contributed by atoms with Crippen molar-refractivity contribution in [2.75, 3.05) is 24.7 Å². The Balaban J connectivity index is 2.08. The number of para-hydroxylation sites is 1. The summed E-state index contributed by atoms with van der Waals surface area (Å²) in [4.78, 5) is 2.32. The molecule has 0 bridgehead atoms. The molecule has 4 nitrogen and oxygen atoms in total. The molecule has 18 heavy (non-hydrogen) atoms. The van der Waals surface area contributed by atoms with Crippen LogP contribution in [-0.4, -0.2) is 31.6 Å². The zero-order valence-corrected chi connectivity index (χ0v) is 10.6. The van der Waals surface area contributed by atoms with E-state index in [1.807, 2.05) is 18.2 Å². The normalized spacial score (nSPS) is 19.4. The number of nitrogens with two attached hydrogens (primary N) is 1. The number of hydrogen-bond donors (Lipinski definition) is 2. The van der Waals surface area contributed by atoms with Crippen molar-refractivity contribution >= 4 is 11.5 Å². The van der Waals surface area contributed by atoms with E-state index in [-0.39, 0.29) is 5.84 Å². The molecule has 4 heteroatoms. The van der Waals surface area contributed by atoms with Gasteiger partial charge in [0.15, 0.2) is 0 Å². The largest absolute Gasteiger partial charge is 0.388 e. The molecule has 2 rings (SSSR count). The molecule has 1 fully saturated rings. The van der Waals surface area contributed by atoms with Crippen LogP contribution in [0.1, 0.15) is 19.3 Å². The molecule has 1 unspecified atom stereocenters. The maximum atomic E-state index is 7.38. The molecular weight excluding hydrogens is 226 g/mol. The summed E-state index contributed by atoms with van der Waals surface area (Å²) in [6.45, 7) is 2.42. The molecule has 1 aromatic rings. The molecule has 1 heterocycles. The van der Waals surface area contributed by atoms with Crippen LogP contribution in [0.15, 0.2) is 30.3 Å². The van der Waals surface area contributed by atoms with E-state index in [2.05, 4.69) is 17.0 Å². The van der Waals surface area contributed by atoms with Crippen LogP contribution in [0.25, 0.3) is 0 Å². The second-order valence-corrected chi connectivity index (χ2v) is 4.68. The van der Waals surface area contributed by atoms with Gasteiger partial charge in [0.25, 0.3) is 0 Å². The number of hydrogen-bond acceptors (Lipinski definition) is 3. The third kappa shape index (κ3) is 3.47. The van der Waals surface area contributed by atoms with Crippen molar-refractivity contribution in [3.05, 3.63) is 30.3 Å². The van der Waals surface area contributed by atoms with Gasteiger partial charge >= 0.3 is 0 Å². The first-order valence-corrected chi connectivity index (χ1v) is 6.49. The Bertz CT molecular complexity index is 374. The third-order valence-electron chi connectivity index (χ3n) is 3.29. The molecule has 0 saturated carbocycles. The van der Waals surface area contributed by atoms with Crippen molar-refractivity contribution in [3.63, 3.8) is 0 Å². The second kappa shape index (κ2) is 6.40. The van der Waals surface area contributed by atoms with Crippen LogP contribution >= 0.6 is 0 Å². The van der Waals surface area contributed by atoms with Crippen molar-refractivity contribution in [1.29, 1.82) is 5.41 Å². The second-order valence-electron chi connectivity index (χ2n) is 4.68. The van der Waals surface area contributed by atoms with E-state index in [0.717, 1.165) is 32.6 Å². The van der Waals surface area contributed by atoms with E-state index in [9.17, 15) is 0 Å². The molecule has 3 N–H and O–H groups in total. The number of benzene rings is 1. The Labute approximate surface area is 108 Å². The Morgan fingerprint density at radius 3 is 2.78 bits per heavy atom. The van der Waals surface area contributed by atoms with E-state index in [1.165, 1.54) is 5.69 Å². The molecule has 0 aromatic heterocycles. The molecule has 1 atom stereocenters. The number of ether oxygens (including phenoxy) is 1. The number of nitrogens with zero attached hydrogens (tertiary/aromatic N) is 1. The lowest BCUT2D eigenvalue weighted by Crippen LogP contribution is -2.42. The highest BCUT2D eigenvalue weighted by Crippen LogP contribution is 2.22. The van der Waals surface area contributed by atoms with Crippen LogP contribution in [0.5, 0.6) is 0 Å². The minimum absolute atomic E-state index is 0.243. The number of amidine groups is 1. The van der Waals surface area contributed by atoms with Gasteiger partial charge in [-0.3, -0.25) is 5.41 Å². The van der Waals surface area contributed by atoms with Gasteiger partial charge in [-0.2, -0.15) is 0 Å².